The van der Waals surface area contributed by atoms with Crippen LogP contribution >= 0.6 is 0 Å². The molecule has 22 heavy (non-hydrogen) atoms. The number of fused-ring (bicyclic) bond motifs is 1. The van der Waals surface area contributed by atoms with Gasteiger partial charge in [-0.25, -0.2) is 4.79 Å². The summed E-state index contributed by atoms with van der Waals surface area (Å²) in [5, 5.41) is 19.1. The first-order chi connectivity index (χ1) is 10.6. The first kappa shape index (κ1) is 14.1. The van der Waals surface area contributed by atoms with E-state index in [1.165, 1.54) is 6.07 Å². The molecule has 1 atom stereocenters. The van der Waals surface area contributed by atoms with Crippen LogP contribution in [0.2, 0.25) is 0 Å². The fourth-order valence-corrected chi connectivity index (χ4v) is 2.23. The Labute approximate surface area is 126 Å². The standard InChI is InChI=1S/C16H14O6/c1-20-11-4-2-9(3-5-11)6-14-16(19)22-15-12(18)7-10(17)8-13(15)21-14/h2-5,7-8,14,17-18H,6H2,1H3. The predicted molar refractivity (Wildman–Crippen MR) is 76.5 cm³/mol. The highest BCUT2D eigenvalue weighted by molar-refractivity contribution is 5.82. The highest BCUT2D eigenvalue weighted by atomic mass is 16.6. The van der Waals surface area contributed by atoms with E-state index in [4.69, 9.17) is 14.2 Å². The lowest BCUT2D eigenvalue weighted by atomic mass is 10.1. The number of esters is 1. The van der Waals surface area contributed by atoms with Crippen molar-refractivity contribution >= 4 is 5.97 Å². The Bertz CT molecular complexity index is 707. The molecule has 2 aromatic carbocycles. The van der Waals surface area contributed by atoms with Gasteiger partial charge in [0.25, 0.3) is 0 Å². The zero-order valence-electron chi connectivity index (χ0n) is 11.8. The van der Waals surface area contributed by atoms with Gasteiger partial charge in [0, 0.05) is 18.6 Å². The summed E-state index contributed by atoms with van der Waals surface area (Å²) in [7, 11) is 1.58. The number of carbonyl (C=O) groups excluding carboxylic acids is 1. The molecule has 0 saturated heterocycles. The van der Waals surface area contributed by atoms with Gasteiger partial charge in [-0.15, -0.1) is 0 Å². The molecule has 3 rings (SSSR count). The third-order valence-electron chi connectivity index (χ3n) is 3.33. The van der Waals surface area contributed by atoms with E-state index in [0.717, 1.165) is 17.4 Å². The third-order valence-corrected chi connectivity index (χ3v) is 3.33. The zero-order valence-corrected chi connectivity index (χ0v) is 11.8. The van der Waals surface area contributed by atoms with Crippen LogP contribution in [0.1, 0.15) is 5.56 Å². The van der Waals surface area contributed by atoms with Crippen LogP contribution in [-0.2, 0) is 11.2 Å². The van der Waals surface area contributed by atoms with Crippen molar-refractivity contribution in [3.63, 3.8) is 0 Å². The summed E-state index contributed by atoms with van der Waals surface area (Å²) in [4.78, 5) is 12.0. The van der Waals surface area contributed by atoms with Crippen LogP contribution in [-0.4, -0.2) is 29.4 Å². The minimum atomic E-state index is -0.845. The molecule has 6 nitrogen and oxygen atoms in total. The Balaban J connectivity index is 1.81. The van der Waals surface area contributed by atoms with Gasteiger partial charge in [-0.3, -0.25) is 0 Å². The van der Waals surface area contributed by atoms with Gasteiger partial charge in [0.1, 0.15) is 11.5 Å². The maximum atomic E-state index is 12.0. The number of ether oxygens (including phenoxy) is 3. The van der Waals surface area contributed by atoms with Gasteiger partial charge in [0.15, 0.2) is 17.6 Å². The number of rotatable bonds is 3. The zero-order chi connectivity index (χ0) is 15.7. The molecule has 1 heterocycles. The minimum absolute atomic E-state index is 0.0752. The van der Waals surface area contributed by atoms with Gasteiger partial charge in [0.2, 0.25) is 5.75 Å². The molecule has 0 aliphatic carbocycles. The predicted octanol–water partition coefficient (Wildman–Crippen LogP) is 2.02. The third kappa shape index (κ3) is 2.63. The van der Waals surface area contributed by atoms with E-state index < -0.39 is 12.1 Å². The Kier molecular flexibility index (Phi) is 3.50. The molecule has 1 aliphatic heterocycles. The van der Waals surface area contributed by atoms with E-state index in [-0.39, 0.29) is 23.0 Å². The molecule has 0 amide bonds. The van der Waals surface area contributed by atoms with E-state index in [9.17, 15) is 15.0 Å². The number of methoxy groups -OCH3 is 1. The number of phenols is 2. The monoisotopic (exact) mass is 302 g/mol. The van der Waals surface area contributed by atoms with Crippen LogP contribution in [0.15, 0.2) is 36.4 Å². The van der Waals surface area contributed by atoms with Crippen LogP contribution in [0.25, 0.3) is 0 Å². The molecule has 114 valence electrons. The Morgan fingerprint density at radius 1 is 1.18 bits per heavy atom. The molecule has 2 aromatic rings. The van der Waals surface area contributed by atoms with Gasteiger partial charge in [0.05, 0.1) is 7.11 Å². The van der Waals surface area contributed by atoms with Crippen molar-refractivity contribution in [2.45, 2.75) is 12.5 Å². The van der Waals surface area contributed by atoms with Crippen LogP contribution in [0.5, 0.6) is 28.7 Å². The lowest BCUT2D eigenvalue weighted by Gasteiger charge is -2.25. The number of aromatic hydroxyl groups is 2. The summed E-state index contributed by atoms with van der Waals surface area (Å²) in [6.07, 6.45) is -0.541. The van der Waals surface area contributed by atoms with Crippen molar-refractivity contribution in [1.82, 2.24) is 0 Å². The molecule has 0 spiro atoms. The topological polar surface area (TPSA) is 85.2 Å². The van der Waals surface area contributed by atoms with E-state index in [1.54, 1.807) is 19.2 Å². The van der Waals surface area contributed by atoms with Crippen LogP contribution in [0.3, 0.4) is 0 Å². The molecule has 2 N–H and O–H groups in total. The van der Waals surface area contributed by atoms with Gasteiger partial charge in [-0.1, -0.05) is 12.1 Å². The number of hydrogen-bond donors (Lipinski definition) is 2. The largest absolute Gasteiger partial charge is 0.508 e. The van der Waals surface area contributed by atoms with Crippen LogP contribution in [0, 0.1) is 0 Å². The molecule has 0 aromatic heterocycles. The lowest BCUT2D eigenvalue weighted by molar-refractivity contribution is -0.145. The van der Waals surface area contributed by atoms with Crippen molar-refractivity contribution in [3.05, 3.63) is 42.0 Å². The lowest BCUT2D eigenvalue weighted by Crippen LogP contribution is -2.36. The van der Waals surface area contributed by atoms with E-state index in [0.29, 0.717) is 6.42 Å². The molecule has 1 aliphatic rings. The van der Waals surface area contributed by atoms with E-state index >= 15 is 0 Å². The average molecular weight is 302 g/mol. The SMILES string of the molecule is COc1ccc(CC2Oc3cc(O)cc(O)c3OC2=O)cc1. The summed E-state index contributed by atoms with van der Waals surface area (Å²) in [6.45, 7) is 0. The Hall–Kier alpha value is -2.89. The molecule has 0 bridgehead atoms. The van der Waals surface area contributed by atoms with Gasteiger partial charge < -0.3 is 24.4 Å². The van der Waals surface area contributed by atoms with Crippen molar-refractivity contribution < 1.29 is 29.2 Å². The smallest absolute Gasteiger partial charge is 0.353 e. The van der Waals surface area contributed by atoms with Gasteiger partial charge >= 0.3 is 5.97 Å². The van der Waals surface area contributed by atoms with Crippen molar-refractivity contribution in [3.8, 4) is 28.7 Å². The summed E-state index contributed by atoms with van der Waals surface area (Å²) >= 11 is 0. The first-order valence-corrected chi connectivity index (χ1v) is 6.64. The molecule has 6 heteroatoms. The molecule has 1 unspecified atom stereocenters. The number of phenolic OH excluding ortho intramolecular Hbond substituents is 2. The van der Waals surface area contributed by atoms with Crippen molar-refractivity contribution in [1.29, 1.82) is 0 Å². The molecule has 0 radical (unpaired) electrons. The second-order valence-electron chi connectivity index (χ2n) is 4.87. The van der Waals surface area contributed by atoms with Crippen LogP contribution < -0.4 is 14.2 Å². The average Bonchev–Trinajstić information content (AvgIpc) is 2.50. The molecule has 0 fully saturated rings. The van der Waals surface area contributed by atoms with Crippen molar-refractivity contribution in [2.24, 2.45) is 0 Å². The Morgan fingerprint density at radius 2 is 1.91 bits per heavy atom. The normalized spacial score (nSPS) is 16.4. The summed E-state index contributed by atoms with van der Waals surface area (Å²) in [5.74, 6) is -0.326. The highest BCUT2D eigenvalue weighted by Gasteiger charge is 2.32. The van der Waals surface area contributed by atoms with Gasteiger partial charge in [-0.2, -0.15) is 0 Å². The highest BCUT2D eigenvalue weighted by Crippen LogP contribution is 2.43. The Morgan fingerprint density at radius 3 is 2.59 bits per heavy atom. The molecular formula is C16H14O6. The summed E-state index contributed by atoms with van der Waals surface area (Å²) in [5.41, 5.74) is 0.871. The minimum Gasteiger partial charge on any atom is -0.508 e. The second-order valence-corrected chi connectivity index (χ2v) is 4.87. The van der Waals surface area contributed by atoms with E-state index in [1.807, 2.05) is 12.1 Å². The van der Waals surface area contributed by atoms with Gasteiger partial charge in [-0.05, 0) is 17.7 Å². The number of benzene rings is 2. The molecular weight excluding hydrogens is 288 g/mol. The maximum absolute atomic E-state index is 12.0. The number of hydrogen-bond acceptors (Lipinski definition) is 6. The summed E-state index contributed by atoms with van der Waals surface area (Å²) < 4.78 is 15.7. The maximum Gasteiger partial charge on any atom is 0.353 e. The summed E-state index contributed by atoms with van der Waals surface area (Å²) in [6, 6.07) is 9.60. The van der Waals surface area contributed by atoms with Crippen molar-refractivity contribution in [2.75, 3.05) is 7.11 Å². The quantitative estimate of drug-likeness (QED) is 0.666. The fourth-order valence-electron chi connectivity index (χ4n) is 2.23. The second kappa shape index (κ2) is 5.48. The van der Waals surface area contributed by atoms with E-state index in [2.05, 4.69) is 0 Å². The molecule has 0 saturated carbocycles. The number of carbonyl (C=O) groups is 1. The fraction of sp³-hybridized carbons (Fsp3) is 0.188. The van der Waals surface area contributed by atoms with Crippen LogP contribution in [0.4, 0.5) is 0 Å². The first-order valence-electron chi connectivity index (χ1n) is 6.64.